The molecule has 4 heteroatoms. The lowest BCUT2D eigenvalue weighted by Gasteiger charge is -2.12. The Morgan fingerprint density at radius 1 is 1.35 bits per heavy atom. The molecule has 0 fully saturated rings. The SMILES string of the molecule is Cc1cccc(COC(=O)c2cc(N)cn2C(C)C)c1. The second-order valence-corrected chi connectivity index (χ2v) is 5.22. The van der Waals surface area contributed by atoms with Crippen LogP contribution in [-0.4, -0.2) is 10.5 Å². The minimum atomic E-state index is -0.350. The summed E-state index contributed by atoms with van der Waals surface area (Å²) < 4.78 is 7.19. The van der Waals surface area contributed by atoms with Gasteiger partial charge in [-0.3, -0.25) is 0 Å². The van der Waals surface area contributed by atoms with Gasteiger partial charge >= 0.3 is 5.97 Å². The maximum absolute atomic E-state index is 12.1. The molecule has 0 bridgehead atoms. The zero-order valence-corrected chi connectivity index (χ0v) is 12.1. The van der Waals surface area contributed by atoms with Gasteiger partial charge in [-0.15, -0.1) is 0 Å². The molecule has 1 heterocycles. The molecule has 0 aliphatic carbocycles. The van der Waals surface area contributed by atoms with Crippen molar-refractivity contribution in [3.05, 3.63) is 53.3 Å². The van der Waals surface area contributed by atoms with Crippen molar-refractivity contribution >= 4 is 11.7 Å². The lowest BCUT2D eigenvalue weighted by molar-refractivity contribution is 0.0458. The summed E-state index contributed by atoms with van der Waals surface area (Å²) in [5.74, 6) is -0.350. The number of aromatic nitrogens is 1. The molecule has 1 aromatic carbocycles. The quantitative estimate of drug-likeness (QED) is 0.869. The summed E-state index contributed by atoms with van der Waals surface area (Å²) in [6, 6.07) is 9.72. The van der Waals surface area contributed by atoms with Crippen molar-refractivity contribution in [1.29, 1.82) is 0 Å². The highest BCUT2D eigenvalue weighted by molar-refractivity contribution is 5.89. The van der Waals surface area contributed by atoms with Crippen LogP contribution in [-0.2, 0) is 11.3 Å². The minimum absolute atomic E-state index is 0.161. The Kier molecular flexibility index (Phi) is 4.13. The standard InChI is InChI=1S/C16H20N2O2/c1-11(2)18-9-14(17)8-15(18)16(19)20-10-13-6-4-5-12(3)7-13/h4-9,11H,10,17H2,1-3H3. The number of benzene rings is 1. The predicted molar refractivity (Wildman–Crippen MR) is 79.5 cm³/mol. The molecular formula is C16H20N2O2. The van der Waals surface area contributed by atoms with E-state index in [2.05, 4.69) is 0 Å². The average Bonchev–Trinajstić information content (AvgIpc) is 2.78. The smallest absolute Gasteiger partial charge is 0.355 e. The van der Waals surface area contributed by atoms with Crippen LogP contribution in [0.25, 0.3) is 0 Å². The van der Waals surface area contributed by atoms with Crippen molar-refractivity contribution in [1.82, 2.24) is 4.57 Å². The number of carbonyl (C=O) groups excluding carboxylic acids is 1. The van der Waals surface area contributed by atoms with Gasteiger partial charge in [0.2, 0.25) is 0 Å². The Hall–Kier alpha value is -2.23. The van der Waals surface area contributed by atoms with Crippen molar-refractivity contribution in [3.63, 3.8) is 0 Å². The van der Waals surface area contributed by atoms with E-state index in [1.54, 1.807) is 12.3 Å². The van der Waals surface area contributed by atoms with Gasteiger partial charge in [-0.05, 0) is 32.4 Å². The van der Waals surface area contributed by atoms with E-state index in [1.807, 2.05) is 49.6 Å². The van der Waals surface area contributed by atoms with Crippen LogP contribution in [0, 0.1) is 6.92 Å². The molecular weight excluding hydrogens is 252 g/mol. The first-order valence-electron chi connectivity index (χ1n) is 6.67. The second-order valence-electron chi connectivity index (χ2n) is 5.22. The molecule has 0 aliphatic heterocycles. The molecule has 106 valence electrons. The Labute approximate surface area is 119 Å². The maximum Gasteiger partial charge on any atom is 0.355 e. The van der Waals surface area contributed by atoms with Gasteiger partial charge < -0.3 is 15.0 Å². The van der Waals surface area contributed by atoms with Gasteiger partial charge in [-0.2, -0.15) is 0 Å². The summed E-state index contributed by atoms with van der Waals surface area (Å²) in [6.07, 6.45) is 1.76. The third-order valence-electron chi connectivity index (χ3n) is 3.09. The van der Waals surface area contributed by atoms with Crippen LogP contribution in [0.5, 0.6) is 0 Å². The molecule has 1 aromatic heterocycles. The van der Waals surface area contributed by atoms with Crippen molar-refractivity contribution in [2.75, 3.05) is 5.73 Å². The Morgan fingerprint density at radius 3 is 2.75 bits per heavy atom. The number of hydrogen-bond donors (Lipinski definition) is 1. The van der Waals surface area contributed by atoms with E-state index in [-0.39, 0.29) is 18.6 Å². The summed E-state index contributed by atoms with van der Waals surface area (Å²) >= 11 is 0. The topological polar surface area (TPSA) is 57.2 Å². The van der Waals surface area contributed by atoms with Crippen LogP contribution in [0.4, 0.5) is 5.69 Å². The third-order valence-corrected chi connectivity index (χ3v) is 3.09. The third kappa shape index (κ3) is 3.20. The predicted octanol–water partition coefficient (Wildman–Crippen LogP) is 3.32. The Bertz CT molecular complexity index is 615. The first-order chi connectivity index (χ1) is 9.47. The molecule has 0 spiro atoms. The van der Waals surface area contributed by atoms with Crippen LogP contribution in [0.3, 0.4) is 0 Å². The van der Waals surface area contributed by atoms with Crippen molar-refractivity contribution in [3.8, 4) is 0 Å². The molecule has 0 saturated carbocycles. The average molecular weight is 272 g/mol. The number of nitrogens with zero attached hydrogens (tertiary/aromatic N) is 1. The zero-order chi connectivity index (χ0) is 14.7. The van der Waals surface area contributed by atoms with Crippen LogP contribution >= 0.6 is 0 Å². The molecule has 0 radical (unpaired) electrons. The molecule has 2 aromatic rings. The largest absolute Gasteiger partial charge is 0.456 e. The van der Waals surface area contributed by atoms with Gasteiger partial charge in [0.05, 0.1) is 5.69 Å². The number of esters is 1. The van der Waals surface area contributed by atoms with Gasteiger partial charge in [0.1, 0.15) is 12.3 Å². The molecule has 0 saturated heterocycles. The number of nitrogen functional groups attached to an aromatic ring is 1. The van der Waals surface area contributed by atoms with E-state index in [0.29, 0.717) is 11.4 Å². The number of nitrogens with two attached hydrogens (primary N) is 1. The van der Waals surface area contributed by atoms with E-state index in [4.69, 9.17) is 10.5 Å². The minimum Gasteiger partial charge on any atom is -0.456 e. The van der Waals surface area contributed by atoms with Gasteiger partial charge in [-0.1, -0.05) is 29.8 Å². The fourth-order valence-corrected chi connectivity index (χ4v) is 2.12. The van der Waals surface area contributed by atoms with E-state index >= 15 is 0 Å². The first kappa shape index (κ1) is 14.2. The molecule has 2 rings (SSSR count). The van der Waals surface area contributed by atoms with Crippen molar-refractivity contribution in [2.45, 2.75) is 33.4 Å². The van der Waals surface area contributed by atoms with Gasteiger partial charge in [0.25, 0.3) is 0 Å². The van der Waals surface area contributed by atoms with E-state index in [1.165, 1.54) is 0 Å². The summed E-state index contributed by atoms with van der Waals surface area (Å²) in [6.45, 7) is 6.27. The summed E-state index contributed by atoms with van der Waals surface area (Å²) in [4.78, 5) is 12.1. The van der Waals surface area contributed by atoms with Crippen molar-refractivity contribution < 1.29 is 9.53 Å². The zero-order valence-electron chi connectivity index (χ0n) is 12.1. The molecule has 2 N–H and O–H groups in total. The van der Waals surface area contributed by atoms with E-state index in [0.717, 1.165) is 11.1 Å². The fraction of sp³-hybridized carbons (Fsp3) is 0.312. The number of hydrogen-bond acceptors (Lipinski definition) is 3. The molecule has 0 aliphatic rings. The van der Waals surface area contributed by atoms with Crippen molar-refractivity contribution in [2.24, 2.45) is 0 Å². The number of rotatable bonds is 4. The first-order valence-corrected chi connectivity index (χ1v) is 6.67. The molecule has 4 nitrogen and oxygen atoms in total. The summed E-state index contributed by atoms with van der Waals surface area (Å²) in [5.41, 5.74) is 8.94. The lowest BCUT2D eigenvalue weighted by atomic mass is 10.1. The van der Waals surface area contributed by atoms with E-state index < -0.39 is 0 Å². The maximum atomic E-state index is 12.1. The molecule has 0 atom stereocenters. The molecule has 0 amide bonds. The van der Waals surface area contributed by atoms with Crippen LogP contribution < -0.4 is 5.73 Å². The molecule has 20 heavy (non-hydrogen) atoms. The highest BCUT2D eigenvalue weighted by atomic mass is 16.5. The summed E-state index contributed by atoms with van der Waals surface area (Å²) in [5, 5.41) is 0. The van der Waals surface area contributed by atoms with Crippen LogP contribution in [0.2, 0.25) is 0 Å². The van der Waals surface area contributed by atoms with E-state index in [9.17, 15) is 4.79 Å². The normalized spacial score (nSPS) is 10.8. The molecule has 0 unspecified atom stereocenters. The number of ether oxygens (including phenoxy) is 1. The Balaban J connectivity index is 2.09. The highest BCUT2D eigenvalue weighted by Crippen LogP contribution is 2.18. The number of anilines is 1. The number of carbonyl (C=O) groups is 1. The second kappa shape index (κ2) is 5.82. The van der Waals surface area contributed by atoms with Crippen LogP contribution in [0.15, 0.2) is 36.5 Å². The highest BCUT2D eigenvalue weighted by Gasteiger charge is 2.16. The lowest BCUT2D eigenvalue weighted by Crippen LogP contribution is -2.13. The number of aryl methyl sites for hydroxylation is 1. The fourth-order valence-electron chi connectivity index (χ4n) is 2.12. The van der Waals surface area contributed by atoms with Gasteiger partial charge in [0.15, 0.2) is 0 Å². The van der Waals surface area contributed by atoms with Gasteiger partial charge in [-0.25, -0.2) is 4.79 Å². The van der Waals surface area contributed by atoms with Crippen LogP contribution in [0.1, 0.15) is 41.5 Å². The monoisotopic (exact) mass is 272 g/mol. The Morgan fingerprint density at radius 2 is 2.10 bits per heavy atom. The summed E-state index contributed by atoms with van der Waals surface area (Å²) in [7, 11) is 0. The van der Waals surface area contributed by atoms with Gasteiger partial charge in [0, 0.05) is 12.2 Å².